The van der Waals surface area contributed by atoms with E-state index in [0.29, 0.717) is 16.3 Å². The third-order valence-corrected chi connectivity index (χ3v) is 3.32. The summed E-state index contributed by atoms with van der Waals surface area (Å²) in [4.78, 5) is 12.0. The second-order valence-electron chi connectivity index (χ2n) is 4.63. The highest BCUT2D eigenvalue weighted by atomic mass is 35.5. The molecule has 0 unspecified atom stereocenters. The lowest BCUT2D eigenvalue weighted by atomic mass is 10.1. The van der Waals surface area contributed by atoms with Crippen LogP contribution in [0.25, 0.3) is 11.3 Å². The highest BCUT2D eigenvalue weighted by molar-refractivity contribution is 6.30. The van der Waals surface area contributed by atoms with Crippen molar-refractivity contribution >= 4 is 23.3 Å². The van der Waals surface area contributed by atoms with Crippen LogP contribution < -0.4 is 5.32 Å². The summed E-state index contributed by atoms with van der Waals surface area (Å²) in [5, 5.41) is 6.51. The summed E-state index contributed by atoms with van der Waals surface area (Å²) in [7, 11) is 0. The topological polar surface area (TPSA) is 55.1 Å². The molecule has 0 aliphatic heterocycles. The van der Waals surface area contributed by atoms with Gasteiger partial charge in [-0.2, -0.15) is 0 Å². The van der Waals surface area contributed by atoms with Crippen molar-refractivity contribution in [3.8, 4) is 11.3 Å². The zero-order chi connectivity index (χ0) is 16.4. The zero-order valence-electron chi connectivity index (χ0n) is 11.5. The first-order valence-electron chi connectivity index (χ1n) is 6.52. The molecule has 0 aliphatic rings. The van der Waals surface area contributed by atoms with E-state index in [4.69, 9.17) is 16.1 Å². The molecule has 0 radical (unpaired) electrons. The van der Waals surface area contributed by atoms with E-state index in [1.165, 1.54) is 12.1 Å². The third kappa shape index (κ3) is 3.22. The van der Waals surface area contributed by atoms with Crippen molar-refractivity contribution in [2.24, 2.45) is 0 Å². The Kier molecular flexibility index (Phi) is 4.08. The molecule has 0 spiro atoms. The number of halogens is 3. The first kappa shape index (κ1) is 15.2. The Hall–Kier alpha value is -2.73. The van der Waals surface area contributed by atoms with Crippen LogP contribution in [-0.4, -0.2) is 11.1 Å². The predicted octanol–water partition coefficient (Wildman–Crippen LogP) is 4.53. The molecular weight excluding hydrogens is 326 g/mol. The lowest BCUT2D eigenvalue weighted by molar-refractivity contribution is 0.101. The first-order valence-corrected chi connectivity index (χ1v) is 6.90. The number of rotatable bonds is 3. The SMILES string of the molecule is O=C(Nc1cc(-c2ccc(Cl)cc2)on1)c1c(F)cccc1F. The number of nitrogens with one attached hydrogen (secondary N) is 1. The van der Waals surface area contributed by atoms with Crippen molar-refractivity contribution in [3.63, 3.8) is 0 Å². The smallest absolute Gasteiger partial charge is 0.262 e. The Morgan fingerprint density at radius 1 is 1.09 bits per heavy atom. The van der Waals surface area contributed by atoms with E-state index in [1.54, 1.807) is 24.3 Å². The lowest BCUT2D eigenvalue weighted by Crippen LogP contribution is -2.15. The average Bonchev–Trinajstić information content (AvgIpc) is 2.96. The molecule has 0 aliphatic carbocycles. The number of aromatic nitrogens is 1. The minimum Gasteiger partial charge on any atom is -0.354 e. The molecule has 1 N–H and O–H groups in total. The summed E-state index contributed by atoms with van der Waals surface area (Å²) in [5.74, 6) is -2.43. The zero-order valence-corrected chi connectivity index (χ0v) is 12.3. The maximum absolute atomic E-state index is 13.6. The van der Waals surface area contributed by atoms with Gasteiger partial charge >= 0.3 is 0 Å². The fourth-order valence-electron chi connectivity index (χ4n) is 1.98. The third-order valence-electron chi connectivity index (χ3n) is 3.07. The number of benzene rings is 2. The first-order chi connectivity index (χ1) is 11.0. The maximum Gasteiger partial charge on any atom is 0.262 e. The lowest BCUT2D eigenvalue weighted by Gasteiger charge is -2.03. The number of carbonyl (C=O) groups is 1. The monoisotopic (exact) mass is 334 g/mol. The molecule has 116 valence electrons. The molecule has 3 rings (SSSR count). The quantitative estimate of drug-likeness (QED) is 0.766. The Labute approximate surface area is 134 Å². The van der Waals surface area contributed by atoms with Gasteiger partial charge in [-0.3, -0.25) is 4.79 Å². The molecule has 0 saturated carbocycles. The second-order valence-corrected chi connectivity index (χ2v) is 5.07. The average molecular weight is 335 g/mol. The number of carbonyl (C=O) groups excluding carboxylic acids is 1. The number of hydrogen-bond donors (Lipinski definition) is 1. The van der Waals surface area contributed by atoms with Crippen LogP contribution in [0.1, 0.15) is 10.4 Å². The van der Waals surface area contributed by atoms with E-state index in [9.17, 15) is 13.6 Å². The summed E-state index contributed by atoms with van der Waals surface area (Å²) in [6, 6.07) is 11.4. The second kappa shape index (κ2) is 6.18. The van der Waals surface area contributed by atoms with Gasteiger partial charge in [-0.25, -0.2) is 8.78 Å². The van der Waals surface area contributed by atoms with Crippen LogP contribution in [0.4, 0.5) is 14.6 Å². The van der Waals surface area contributed by atoms with Gasteiger partial charge in [-0.15, -0.1) is 0 Å². The fraction of sp³-hybridized carbons (Fsp3) is 0. The van der Waals surface area contributed by atoms with Crippen molar-refractivity contribution in [2.45, 2.75) is 0 Å². The minimum absolute atomic E-state index is 0.0441. The van der Waals surface area contributed by atoms with Gasteiger partial charge in [0.25, 0.3) is 5.91 Å². The van der Waals surface area contributed by atoms with Crippen LogP contribution in [0, 0.1) is 11.6 Å². The summed E-state index contributed by atoms with van der Waals surface area (Å²) < 4.78 is 32.2. The van der Waals surface area contributed by atoms with E-state index < -0.39 is 23.1 Å². The molecule has 1 heterocycles. The van der Waals surface area contributed by atoms with Gasteiger partial charge in [-0.05, 0) is 36.4 Å². The van der Waals surface area contributed by atoms with Crippen molar-refractivity contribution in [3.05, 3.63) is 70.8 Å². The van der Waals surface area contributed by atoms with E-state index >= 15 is 0 Å². The molecule has 0 saturated heterocycles. The number of anilines is 1. The van der Waals surface area contributed by atoms with E-state index in [2.05, 4.69) is 10.5 Å². The molecule has 0 fully saturated rings. The Morgan fingerprint density at radius 2 is 1.74 bits per heavy atom. The highest BCUT2D eigenvalue weighted by Crippen LogP contribution is 2.24. The predicted molar refractivity (Wildman–Crippen MR) is 81.3 cm³/mol. The van der Waals surface area contributed by atoms with E-state index in [1.807, 2.05) is 0 Å². The summed E-state index contributed by atoms with van der Waals surface area (Å²) in [6.45, 7) is 0. The Balaban J connectivity index is 1.82. The Morgan fingerprint density at radius 3 is 2.39 bits per heavy atom. The molecular formula is C16H9ClF2N2O2. The van der Waals surface area contributed by atoms with Gasteiger partial charge in [0.15, 0.2) is 11.6 Å². The van der Waals surface area contributed by atoms with Crippen LogP contribution in [0.5, 0.6) is 0 Å². The Bertz CT molecular complexity index is 843. The van der Waals surface area contributed by atoms with Gasteiger partial charge in [0, 0.05) is 16.7 Å². The van der Waals surface area contributed by atoms with Crippen LogP contribution >= 0.6 is 11.6 Å². The molecule has 4 nitrogen and oxygen atoms in total. The largest absolute Gasteiger partial charge is 0.354 e. The fourth-order valence-corrected chi connectivity index (χ4v) is 2.10. The van der Waals surface area contributed by atoms with Crippen molar-refractivity contribution < 1.29 is 18.1 Å². The van der Waals surface area contributed by atoms with Crippen molar-refractivity contribution in [1.29, 1.82) is 0 Å². The van der Waals surface area contributed by atoms with E-state index in [-0.39, 0.29) is 5.82 Å². The van der Waals surface area contributed by atoms with Crippen molar-refractivity contribution in [1.82, 2.24) is 5.16 Å². The van der Waals surface area contributed by atoms with Gasteiger partial charge in [-0.1, -0.05) is 22.8 Å². The molecule has 0 bridgehead atoms. The molecule has 2 aromatic carbocycles. The van der Waals surface area contributed by atoms with Crippen LogP contribution in [0.2, 0.25) is 5.02 Å². The minimum atomic E-state index is -0.955. The molecule has 7 heteroatoms. The molecule has 0 atom stereocenters. The van der Waals surface area contributed by atoms with Crippen LogP contribution in [0.3, 0.4) is 0 Å². The van der Waals surface area contributed by atoms with Gasteiger partial charge in [0.1, 0.15) is 17.2 Å². The van der Waals surface area contributed by atoms with Crippen LogP contribution in [0.15, 0.2) is 53.1 Å². The highest BCUT2D eigenvalue weighted by Gasteiger charge is 2.18. The number of nitrogens with zero attached hydrogens (tertiary/aromatic N) is 1. The van der Waals surface area contributed by atoms with Crippen molar-refractivity contribution in [2.75, 3.05) is 5.32 Å². The summed E-state index contributed by atoms with van der Waals surface area (Å²) in [5.41, 5.74) is 0.0167. The van der Waals surface area contributed by atoms with E-state index in [0.717, 1.165) is 12.1 Å². The van der Waals surface area contributed by atoms with Gasteiger partial charge in [0.2, 0.25) is 0 Å². The van der Waals surface area contributed by atoms with Gasteiger partial charge < -0.3 is 9.84 Å². The molecule has 1 aromatic heterocycles. The molecule has 1 amide bonds. The molecule has 23 heavy (non-hydrogen) atoms. The molecule has 3 aromatic rings. The summed E-state index contributed by atoms with van der Waals surface area (Å²) in [6.07, 6.45) is 0. The number of hydrogen-bond acceptors (Lipinski definition) is 3. The maximum atomic E-state index is 13.6. The summed E-state index contributed by atoms with van der Waals surface area (Å²) >= 11 is 5.80. The standard InChI is InChI=1S/C16H9ClF2N2O2/c17-10-6-4-9(5-7-10)13-8-14(21-23-13)20-16(22)15-11(18)2-1-3-12(15)19/h1-8H,(H,20,21,22). The van der Waals surface area contributed by atoms with Gasteiger partial charge in [0.05, 0.1) is 0 Å². The number of amides is 1. The normalized spacial score (nSPS) is 10.6. The van der Waals surface area contributed by atoms with Crippen LogP contribution in [-0.2, 0) is 0 Å².